The van der Waals surface area contributed by atoms with E-state index in [0.717, 1.165) is 43.6 Å². The number of hydrogen-bond donors (Lipinski definition) is 0. The van der Waals surface area contributed by atoms with Gasteiger partial charge in [0.05, 0.1) is 5.56 Å². The Bertz CT molecular complexity index is 768. The summed E-state index contributed by atoms with van der Waals surface area (Å²) in [5, 5.41) is 4.22. The molecule has 126 valence electrons. The minimum Gasteiger partial charge on any atom is -0.339 e. The van der Waals surface area contributed by atoms with Crippen molar-refractivity contribution >= 4 is 5.91 Å². The number of pyridine rings is 1. The highest BCUT2D eigenvalue weighted by Gasteiger charge is 2.44. The molecule has 0 N–H and O–H groups in total. The van der Waals surface area contributed by atoms with Crippen LogP contribution in [0.25, 0.3) is 0 Å². The number of amides is 1. The molecule has 0 unspecified atom stereocenters. The van der Waals surface area contributed by atoms with E-state index in [-0.39, 0.29) is 5.91 Å². The van der Waals surface area contributed by atoms with Crippen molar-refractivity contribution in [2.75, 3.05) is 6.54 Å². The maximum Gasteiger partial charge on any atom is 0.256 e. The van der Waals surface area contributed by atoms with Gasteiger partial charge in [-0.2, -0.15) is 4.98 Å². The molecule has 6 heteroatoms. The van der Waals surface area contributed by atoms with E-state index in [0.29, 0.717) is 23.9 Å². The topological polar surface area (TPSA) is 72.1 Å². The van der Waals surface area contributed by atoms with E-state index in [1.54, 1.807) is 12.4 Å². The summed E-state index contributed by atoms with van der Waals surface area (Å²) in [6, 6.07) is 1.89. The molecule has 24 heavy (non-hydrogen) atoms. The number of carbonyl (C=O) groups is 1. The van der Waals surface area contributed by atoms with Crippen molar-refractivity contribution in [2.45, 2.75) is 57.4 Å². The van der Waals surface area contributed by atoms with Gasteiger partial charge in [-0.1, -0.05) is 5.16 Å². The smallest absolute Gasteiger partial charge is 0.256 e. The highest BCUT2D eigenvalue weighted by Crippen LogP contribution is 2.42. The van der Waals surface area contributed by atoms with Crippen molar-refractivity contribution in [3.05, 3.63) is 41.3 Å². The van der Waals surface area contributed by atoms with Gasteiger partial charge in [0.25, 0.3) is 5.91 Å². The number of carbonyl (C=O) groups excluding carboxylic acids is 1. The number of likely N-dealkylation sites (tertiary alicyclic amines) is 1. The van der Waals surface area contributed by atoms with Gasteiger partial charge in [0.2, 0.25) is 5.89 Å². The van der Waals surface area contributed by atoms with Gasteiger partial charge < -0.3 is 9.42 Å². The summed E-state index contributed by atoms with van der Waals surface area (Å²) in [5.41, 5.74) is 1.08. The Morgan fingerprint density at radius 3 is 2.92 bits per heavy atom. The molecule has 1 saturated heterocycles. The van der Waals surface area contributed by atoms with Crippen molar-refractivity contribution in [1.29, 1.82) is 0 Å². The van der Waals surface area contributed by atoms with Gasteiger partial charge in [-0.05, 0) is 57.6 Å². The molecule has 6 nitrogen and oxygen atoms in total. The van der Waals surface area contributed by atoms with E-state index in [1.807, 2.05) is 17.9 Å². The Hall–Kier alpha value is -2.24. The summed E-state index contributed by atoms with van der Waals surface area (Å²) < 4.78 is 5.45. The first-order valence-corrected chi connectivity index (χ1v) is 8.65. The van der Waals surface area contributed by atoms with E-state index < -0.39 is 5.54 Å². The molecule has 2 fully saturated rings. The Morgan fingerprint density at radius 1 is 1.33 bits per heavy atom. The molecule has 0 aromatic carbocycles. The first kappa shape index (κ1) is 15.3. The second-order valence-corrected chi connectivity index (χ2v) is 7.17. The van der Waals surface area contributed by atoms with Gasteiger partial charge in [-0.3, -0.25) is 9.78 Å². The molecule has 2 aromatic rings. The second-order valence-electron chi connectivity index (χ2n) is 7.17. The Morgan fingerprint density at radius 2 is 2.17 bits per heavy atom. The van der Waals surface area contributed by atoms with Crippen LogP contribution in [0.3, 0.4) is 0 Å². The predicted octanol–water partition coefficient (Wildman–Crippen LogP) is 3.19. The van der Waals surface area contributed by atoms with Crippen LogP contribution in [0, 0.1) is 6.92 Å². The minimum absolute atomic E-state index is 0.00817. The molecule has 1 atom stereocenters. The van der Waals surface area contributed by atoms with Gasteiger partial charge in [0.15, 0.2) is 5.82 Å². The molecule has 0 spiro atoms. The SMILES string of the molecule is Cc1cncc(C(=O)N2CCCC[C@@]2(C)c2noc(C3CC3)n2)c1. The number of aromatic nitrogens is 3. The Balaban J connectivity index is 1.67. The summed E-state index contributed by atoms with van der Waals surface area (Å²) in [5.74, 6) is 1.77. The van der Waals surface area contributed by atoms with Crippen molar-refractivity contribution in [1.82, 2.24) is 20.0 Å². The first-order chi connectivity index (χ1) is 11.6. The van der Waals surface area contributed by atoms with E-state index in [9.17, 15) is 4.79 Å². The van der Waals surface area contributed by atoms with Gasteiger partial charge in [0.1, 0.15) is 5.54 Å². The molecule has 4 rings (SSSR count). The molecular weight excluding hydrogens is 304 g/mol. The monoisotopic (exact) mass is 326 g/mol. The maximum absolute atomic E-state index is 13.1. The van der Waals surface area contributed by atoms with Crippen molar-refractivity contribution in [3.8, 4) is 0 Å². The minimum atomic E-state index is -0.518. The van der Waals surface area contributed by atoms with Crippen molar-refractivity contribution in [3.63, 3.8) is 0 Å². The maximum atomic E-state index is 13.1. The quantitative estimate of drug-likeness (QED) is 0.866. The van der Waals surface area contributed by atoms with Gasteiger partial charge >= 0.3 is 0 Å². The largest absolute Gasteiger partial charge is 0.339 e. The lowest BCUT2D eigenvalue weighted by Gasteiger charge is -2.42. The molecule has 0 radical (unpaired) electrons. The zero-order valence-corrected chi connectivity index (χ0v) is 14.2. The van der Waals surface area contributed by atoms with Crippen LogP contribution < -0.4 is 0 Å². The highest BCUT2D eigenvalue weighted by molar-refractivity contribution is 5.94. The van der Waals surface area contributed by atoms with Crippen LogP contribution in [0.4, 0.5) is 0 Å². The third kappa shape index (κ3) is 2.60. The Kier molecular flexibility index (Phi) is 3.62. The van der Waals surface area contributed by atoms with E-state index in [1.165, 1.54) is 0 Å². The van der Waals surface area contributed by atoms with E-state index in [4.69, 9.17) is 4.52 Å². The highest BCUT2D eigenvalue weighted by atomic mass is 16.5. The standard InChI is InChI=1S/C18H22N4O2/c1-12-9-14(11-19-10-12)16(23)22-8-4-3-7-18(22,2)17-20-15(24-21-17)13-5-6-13/h9-11,13H,3-8H2,1-2H3/t18-/m0/s1. The molecule has 0 bridgehead atoms. The van der Waals surface area contributed by atoms with Crippen LogP contribution in [0.1, 0.15) is 72.6 Å². The van der Waals surface area contributed by atoms with Crippen LogP contribution in [-0.2, 0) is 5.54 Å². The summed E-state index contributed by atoms with van der Waals surface area (Å²) in [7, 11) is 0. The normalized spacial score (nSPS) is 24.2. The van der Waals surface area contributed by atoms with Crippen LogP contribution in [0.15, 0.2) is 23.0 Å². The lowest BCUT2D eigenvalue weighted by molar-refractivity contribution is 0.0324. The van der Waals surface area contributed by atoms with E-state index >= 15 is 0 Å². The molecule has 3 heterocycles. The number of nitrogens with zero attached hydrogens (tertiary/aromatic N) is 4. The number of rotatable bonds is 3. The summed E-state index contributed by atoms with van der Waals surface area (Å²) in [4.78, 5) is 23.8. The summed E-state index contributed by atoms with van der Waals surface area (Å²) in [6.45, 7) is 4.70. The lowest BCUT2D eigenvalue weighted by atomic mass is 9.87. The van der Waals surface area contributed by atoms with Gasteiger partial charge in [-0.15, -0.1) is 0 Å². The number of piperidine rings is 1. The molecule has 1 aliphatic carbocycles. The zero-order chi connectivity index (χ0) is 16.7. The third-order valence-corrected chi connectivity index (χ3v) is 5.11. The van der Waals surface area contributed by atoms with Crippen LogP contribution in [0.2, 0.25) is 0 Å². The zero-order valence-electron chi connectivity index (χ0n) is 14.2. The van der Waals surface area contributed by atoms with Crippen LogP contribution in [0.5, 0.6) is 0 Å². The number of hydrogen-bond acceptors (Lipinski definition) is 5. The molecule has 1 aliphatic heterocycles. The van der Waals surface area contributed by atoms with Crippen molar-refractivity contribution < 1.29 is 9.32 Å². The average Bonchev–Trinajstić information content (AvgIpc) is 3.31. The third-order valence-electron chi connectivity index (χ3n) is 5.11. The molecule has 1 amide bonds. The predicted molar refractivity (Wildman–Crippen MR) is 87.5 cm³/mol. The van der Waals surface area contributed by atoms with Crippen LogP contribution in [-0.4, -0.2) is 32.5 Å². The lowest BCUT2D eigenvalue weighted by Crippen LogP contribution is -2.51. The van der Waals surface area contributed by atoms with Crippen LogP contribution >= 0.6 is 0 Å². The number of aryl methyl sites for hydroxylation is 1. The second kappa shape index (κ2) is 5.69. The fourth-order valence-corrected chi connectivity index (χ4v) is 3.46. The van der Waals surface area contributed by atoms with Gasteiger partial charge in [-0.25, -0.2) is 0 Å². The van der Waals surface area contributed by atoms with Crippen molar-refractivity contribution in [2.24, 2.45) is 0 Å². The van der Waals surface area contributed by atoms with E-state index in [2.05, 4.69) is 22.0 Å². The first-order valence-electron chi connectivity index (χ1n) is 8.65. The summed E-state index contributed by atoms with van der Waals surface area (Å²) in [6.07, 6.45) is 8.53. The fourth-order valence-electron chi connectivity index (χ4n) is 3.46. The summed E-state index contributed by atoms with van der Waals surface area (Å²) >= 11 is 0. The molecule has 2 aliphatic rings. The molecule has 2 aromatic heterocycles. The average molecular weight is 326 g/mol. The fraction of sp³-hybridized carbons (Fsp3) is 0.556. The van der Waals surface area contributed by atoms with Gasteiger partial charge in [0, 0.05) is 24.9 Å². The molecular formula is C18H22N4O2. The molecule has 1 saturated carbocycles. The Labute approximate surface area is 141 Å².